The summed E-state index contributed by atoms with van der Waals surface area (Å²) in [5, 5.41) is 0. The van der Waals surface area contributed by atoms with E-state index in [2.05, 4.69) is 24.0 Å². The molecule has 0 aliphatic rings. The van der Waals surface area contributed by atoms with Gasteiger partial charge in [0, 0.05) is 11.3 Å². The fourth-order valence-electron chi connectivity index (χ4n) is 3.85. The monoisotopic (exact) mass is 384 g/mol. The van der Waals surface area contributed by atoms with Crippen LogP contribution in [-0.4, -0.2) is 17.1 Å². The molecule has 3 heteroatoms. The van der Waals surface area contributed by atoms with E-state index < -0.39 is 0 Å². The number of imidazole rings is 1. The summed E-state index contributed by atoms with van der Waals surface area (Å²) in [5.41, 5.74) is 3.54. The minimum atomic E-state index is 0.888. The molecular weight excluding hydrogens is 344 g/mol. The maximum Gasteiger partial charge on any atom is 0.118 e. The highest BCUT2D eigenvalue weighted by atomic mass is 16.5. The van der Waals surface area contributed by atoms with Crippen molar-refractivity contribution in [2.45, 2.75) is 97.3 Å². The van der Waals surface area contributed by atoms with E-state index in [1.807, 2.05) is 19.1 Å². The molecule has 0 unspecified atom stereocenters. The zero-order chi connectivity index (χ0) is 20.0. The van der Waals surface area contributed by atoms with E-state index in [1.54, 1.807) is 7.11 Å². The third-order valence-electron chi connectivity index (χ3n) is 5.54. The second kappa shape index (κ2) is 13.4. The second-order valence-electron chi connectivity index (χ2n) is 8.02. The lowest BCUT2D eigenvalue weighted by Gasteiger charge is -2.05. The molecule has 2 aromatic rings. The third kappa shape index (κ3) is 8.08. The smallest absolute Gasteiger partial charge is 0.118 e. The van der Waals surface area contributed by atoms with Gasteiger partial charge in [-0.3, -0.25) is 0 Å². The minimum Gasteiger partial charge on any atom is -0.497 e. The molecule has 0 aliphatic heterocycles. The van der Waals surface area contributed by atoms with Gasteiger partial charge in [0.15, 0.2) is 0 Å². The van der Waals surface area contributed by atoms with Crippen molar-refractivity contribution in [3.8, 4) is 17.0 Å². The van der Waals surface area contributed by atoms with Gasteiger partial charge in [-0.2, -0.15) is 0 Å². The zero-order valence-electron chi connectivity index (χ0n) is 18.4. The van der Waals surface area contributed by atoms with Crippen LogP contribution in [0.3, 0.4) is 0 Å². The molecule has 0 saturated heterocycles. The number of benzene rings is 1. The predicted molar refractivity (Wildman–Crippen MR) is 120 cm³/mol. The van der Waals surface area contributed by atoms with Crippen LogP contribution in [0.5, 0.6) is 5.75 Å². The number of H-pyrrole nitrogens is 1. The molecular formula is C25H40N2O. The number of aryl methyl sites for hydroxylation is 2. The van der Waals surface area contributed by atoms with Gasteiger partial charge in [0.05, 0.1) is 12.8 Å². The van der Waals surface area contributed by atoms with Crippen molar-refractivity contribution in [1.82, 2.24) is 9.97 Å². The standard InChI is InChI=1S/C25H40N2O/c1-4-5-6-7-8-9-10-11-12-13-14-15-16-24-25(27-21(2)26-24)22-17-19-23(28-3)20-18-22/h17-20H,4-16H2,1-3H3,(H,26,27). The van der Waals surface area contributed by atoms with Gasteiger partial charge in [-0.05, 0) is 44.0 Å². The number of aromatic nitrogens is 2. The quantitative estimate of drug-likeness (QED) is 0.320. The van der Waals surface area contributed by atoms with E-state index in [1.165, 1.54) is 88.3 Å². The van der Waals surface area contributed by atoms with Gasteiger partial charge in [0.25, 0.3) is 0 Å². The Morgan fingerprint density at radius 2 is 1.32 bits per heavy atom. The lowest BCUT2D eigenvalue weighted by molar-refractivity contribution is 0.415. The molecule has 0 radical (unpaired) electrons. The second-order valence-corrected chi connectivity index (χ2v) is 8.02. The SMILES string of the molecule is CCCCCCCCCCCCCCc1[nH]c(C)nc1-c1ccc(OC)cc1. The summed E-state index contributed by atoms with van der Waals surface area (Å²) in [7, 11) is 1.70. The summed E-state index contributed by atoms with van der Waals surface area (Å²) < 4.78 is 5.26. The van der Waals surface area contributed by atoms with Crippen LogP contribution >= 0.6 is 0 Å². The highest BCUT2D eigenvalue weighted by Crippen LogP contribution is 2.25. The fraction of sp³-hybridized carbons (Fsp3) is 0.640. The Bertz CT molecular complexity index is 645. The summed E-state index contributed by atoms with van der Waals surface area (Å²) in [5.74, 6) is 1.89. The molecule has 3 nitrogen and oxygen atoms in total. The predicted octanol–water partition coefficient (Wildman–Crippen LogP) is 7.64. The van der Waals surface area contributed by atoms with Crippen molar-refractivity contribution in [2.75, 3.05) is 7.11 Å². The van der Waals surface area contributed by atoms with Crippen molar-refractivity contribution >= 4 is 0 Å². The van der Waals surface area contributed by atoms with Crippen LogP contribution in [0.2, 0.25) is 0 Å². The van der Waals surface area contributed by atoms with Crippen LogP contribution < -0.4 is 4.74 Å². The van der Waals surface area contributed by atoms with Gasteiger partial charge in [0.1, 0.15) is 11.6 Å². The lowest BCUT2D eigenvalue weighted by atomic mass is 10.0. The molecule has 156 valence electrons. The number of hydrogen-bond donors (Lipinski definition) is 1. The van der Waals surface area contributed by atoms with Crippen LogP contribution in [0, 0.1) is 6.92 Å². The van der Waals surface area contributed by atoms with Crippen LogP contribution in [0.25, 0.3) is 11.3 Å². The Balaban J connectivity index is 1.62. The molecule has 1 N–H and O–H groups in total. The van der Waals surface area contributed by atoms with E-state index in [9.17, 15) is 0 Å². The average Bonchev–Trinajstić information content (AvgIpc) is 3.09. The summed E-state index contributed by atoms with van der Waals surface area (Å²) in [4.78, 5) is 8.18. The van der Waals surface area contributed by atoms with Crippen molar-refractivity contribution in [3.05, 3.63) is 35.8 Å². The van der Waals surface area contributed by atoms with Crippen LogP contribution in [-0.2, 0) is 6.42 Å². The summed E-state index contributed by atoms with van der Waals surface area (Å²) >= 11 is 0. The number of aromatic amines is 1. The largest absolute Gasteiger partial charge is 0.497 e. The molecule has 1 aromatic carbocycles. The molecule has 0 bridgehead atoms. The third-order valence-corrected chi connectivity index (χ3v) is 5.54. The van der Waals surface area contributed by atoms with Gasteiger partial charge in [-0.15, -0.1) is 0 Å². The van der Waals surface area contributed by atoms with Crippen molar-refractivity contribution in [1.29, 1.82) is 0 Å². The molecule has 1 heterocycles. The zero-order valence-corrected chi connectivity index (χ0v) is 18.4. The van der Waals surface area contributed by atoms with Gasteiger partial charge < -0.3 is 9.72 Å². The molecule has 0 saturated carbocycles. The summed E-state index contributed by atoms with van der Waals surface area (Å²) in [6.07, 6.45) is 17.7. The molecule has 0 aliphatic carbocycles. The molecule has 0 atom stereocenters. The van der Waals surface area contributed by atoms with Gasteiger partial charge >= 0.3 is 0 Å². The fourth-order valence-corrected chi connectivity index (χ4v) is 3.85. The van der Waals surface area contributed by atoms with Crippen molar-refractivity contribution in [2.24, 2.45) is 0 Å². The molecule has 2 rings (SSSR count). The van der Waals surface area contributed by atoms with Crippen molar-refractivity contribution < 1.29 is 4.74 Å². The van der Waals surface area contributed by atoms with Gasteiger partial charge in [0.2, 0.25) is 0 Å². The van der Waals surface area contributed by atoms with E-state index in [0.717, 1.165) is 23.7 Å². The van der Waals surface area contributed by atoms with Crippen molar-refractivity contribution in [3.63, 3.8) is 0 Å². The Kier molecular flexibility index (Phi) is 10.8. The topological polar surface area (TPSA) is 37.9 Å². The van der Waals surface area contributed by atoms with E-state index in [0.29, 0.717) is 0 Å². The molecule has 28 heavy (non-hydrogen) atoms. The first kappa shape index (κ1) is 22.5. The summed E-state index contributed by atoms with van der Waals surface area (Å²) in [6.45, 7) is 4.33. The van der Waals surface area contributed by atoms with Crippen LogP contribution in [0.1, 0.15) is 95.5 Å². The van der Waals surface area contributed by atoms with Crippen LogP contribution in [0.4, 0.5) is 0 Å². The lowest BCUT2D eigenvalue weighted by Crippen LogP contribution is -1.91. The Labute approximate surface area is 172 Å². The van der Waals surface area contributed by atoms with E-state index in [4.69, 9.17) is 9.72 Å². The number of nitrogens with zero attached hydrogens (tertiary/aromatic N) is 1. The Morgan fingerprint density at radius 3 is 1.86 bits per heavy atom. The number of ether oxygens (including phenoxy) is 1. The highest BCUT2D eigenvalue weighted by Gasteiger charge is 2.10. The molecule has 1 aromatic heterocycles. The van der Waals surface area contributed by atoms with E-state index in [-0.39, 0.29) is 0 Å². The number of methoxy groups -OCH3 is 1. The Morgan fingerprint density at radius 1 is 0.786 bits per heavy atom. The number of rotatable bonds is 15. The first-order valence-electron chi connectivity index (χ1n) is 11.4. The van der Waals surface area contributed by atoms with E-state index >= 15 is 0 Å². The maximum absolute atomic E-state index is 5.26. The molecule has 0 amide bonds. The highest BCUT2D eigenvalue weighted by molar-refractivity contribution is 5.63. The molecule has 0 spiro atoms. The Hall–Kier alpha value is -1.77. The van der Waals surface area contributed by atoms with Gasteiger partial charge in [-0.25, -0.2) is 4.98 Å². The summed E-state index contributed by atoms with van der Waals surface area (Å²) in [6, 6.07) is 8.21. The average molecular weight is 385 g/mol. The number of hydrogen-bond acceptors (Lipinski definition) is 2. The first-order valence-corrected chi connectivity index (χ1v) is 11.4. The van der Waals surface area contributed by atoms with Gasteiger partial charge in [-0.1, -0.05) is 77.6 Å². The normalized spacial score (nSPS) is 11.1. The van der Waals surface area contributed by atoms with Crippen LogP contribution in [0.15, 0.2) is 24.3 Å². The minimum absolute atomic E-state index is 0.888. The number of nitrogens with one attached hydrogen (secondary N) is 1. The first-order chi connectivity index (χ1) is 13.7. The molecule has 0 fully saturated rings. The number of unbranched alkanes of at least 4 members (excludes halogenated alkanes) is 11. The maximum atomic E-state index is 5.26.